The molecule has 0 bridgehead atoms. The molecule has 0 unspecified atom stereocenters. The number of unbranched alkanes of at least 4 members (excludes halogenated alkanes) is 1. The first-order valence-electron chi connectivity index (χ1n) is 11.0. The number of benzene rings is 2. The Morgan fingerprint density at radius 3 is 2.41 bits per heavy atom. The molecule has 5 aromatic rings. The first-order chi connectivity index (χ1) is 15.7. The zero-order valence-corrected chi connectivity index (χ0v) is 18.3. The molecule has 7 heteroatoms. The van der Waals surface area contributed by atoms with Crippen molar-refractivity contribution >= 4 is 33.2 Å². The fourth-order valence-electron chi connectivity index (χ4n) is 4.07. The Labute approximate surface area is 185 Å². The van der Waals surface area contributed by atoms with E-state index in [1.165, 1.54) is 5.56 Å². The normalized spacial score (nSPS) is 11.6. The van der Waals surface area contributed by atoms with Gasteiger partial charge in [0.05, 0.1) is 24.5 Å². The SMILES string of the molecule is CCCCn1cnc2c(c1=O)c1nc3ccccc3nc1n2CCc1ccc(OC)cc1. The van der Waals surface area contributed by atoms with Gasteiger partial charge in [-0.2, -0.15) is 0 Å². The van der Waals surface area contributed by atoms with Crippen LogP contribution in [0.3, 0.4) is 0 Å². The number of hydrogen-bond acceptors (Lipinski definition) is 5. The summed E-state index contributed by atoms with van der Waals surface area (Å²) < 4.78 is 8.98. The van der Waals surface area contributed by atoms with E-state index in [-0.39, 0.29) is 5.56 Å². The molecule has 0 spiro atoms. The third-order valence-electron chi connectivity index (χ3n) is 5.85. The summed E-state index contributed by atoms with van der Waals surface area (Å²) in [5.41, 5.74) is 4.66. The van der Waals surface area contributed by atoms with Crippen molar-refractivity contribution < 1.29 is 4.74 Å². The highest BCUT2D eigenvalue weighted by molar-refractivity contribution is 6.04. The molecule has 162 valence electrons. The predicted octanol–water partition coefficient (Wildman–Crippen LogP) is 4.35. The van der Waals surface area contributed by atoms with E-state index in [1.807, 2.05) is 41.0 Å². The molecule has 0 radical (unpaired) electrons. The van der Waals surface area contributed by atoms with Gasteiger partial charge in [-0.15, -0.1) is 0 Å². The molecule has 2 aromatic carbocycles. The van der Waals surface area contributed by atoms with E-state index < -0.39 is 0 Å². The molecule has 7 nitrogen and oxygen atoms in total. The van der Waals surface area contributed by atoms with Crippen molar-refractivity contribution in [2.24, 2.45) is 0 Å². The highest BCUT2D eigenvalue weighted by Gasteiger charge is 2.19. The zero-order valence-electron chi connectivity index (χ0n) is 18.3. The van der Waals surface area contributed by atoms with E-state index in [1.54, 1.807) is 18.0 Å². The fraction of sp³-hybridized carbons (Fsp3) is 0.280. The van der Waals surface area contributed by atoms with Gasteiger partial charge in [-0.05, 0) is 42.7 Å². The van der Waals surface area contributed by atoms with Crippen LogP contribution in [0.15, 0.2) is 59.7 Å². The third kappa shape index (κ3) is 3.49. The van der Waals surface area contributed by atoms with Crippen LogP contribution in [-0.2, 0) is 19.5 Å². The number of nitrogens with zero attached hydrogens (tertiary/aromatic N) is 5. The standard InChI is InChI=1S/C25H25N5O2/c1-3-4-14-29-16-26-23-21(25(29)31)22-24(28-20-8-6-5-7-19(20)27-22)30(23)15-13-17-9-11-18(32-2)12-10-17/h5-12,16H,3-4,13-15H2,1-2H3. The van der Waals surface area contributed by atoms with Crippen molar-refractivity contribution in [2.75, 3.05) is 7.11 Å². The van der Waals surface area contributed by atoms with Crippen molar-refractivity contribution in [3.63, 3.8) is 0 Å². The molecular weight excluding hydrogens is 402 g/mol. The lowest BCUT2D eigenvalue weighted by Crippen LogP contribution is -2.21. The Morgan fingerprint density at radius 1 is 0.938 bits per heavy atom. The zero-order chi connectivity index (χ0) is 22.1. The molecule has 0 atom stereocenters. The maximum absolute atomic E-state index is 13.4. The van der Waals surface area contributed by atoms with Gasteiger partial charge in [-0.3, -0.25) is 9.36 Å². The molecule has 0 aliphatic rings. The molecule has 0 aliphatic carbocycles. The minimum absolute atomic E-state index is 0.0544. The number of para-hydroxylation sites is 2. The summed E-state index contributed by atoms with van der Waals surface area (Å²) in [5, 5.41) is 0.548. The fourth-order valence-corrected chi connectivity index (χ4v) is 4.07. The average molecular weight is 428 g/mol. The molecule has 0 N–H and O–H groups in total. The Bertz CT molecular complexity index is 1470. The Morgan fingerprint density at radius 2 is 1.69 bits per heavy atom. The molecular formula is C25H25N5O2. The van der Waals surface area contributed by atoms with Crippen LogP contribution in [0.5, 0.6) is 5.75 Å². The van der Waals surface area contributed by atoms with Crippen LogP contribution in [0, 0.1) is 0 Å². The minimum atomic E-state index is -0.0544. The molecule has 0 aliphatic heterocycles. The van der Waals surface area contributed by atoms with Crippen molar-refractivity contribution in [2.45, 2.75) is 39.3 Å². The van der Waals surface area contributed by atoms with Gasteiger partial charge in [-0.25, -0.2) is 15.0 Å². The highest BCUT2D eigenvalue weighted by atomic mass is 16.5. The number of fused-ring (bicyclic) bond motifs is 4. The van der Waals surface area contributed by atoms with Crippen molar-refractivity contribution in [3.05, 3.63) is 70.8 Å². The summed E-state index contributed by atoms with van der Waals surface area (Å²) in [4.78, 5) is 27.8. The van der Waals surface area contributed by atoms with Crippen LogP contribution in [0.1, 0.15) is 25.3 Å². The Balaban J connectivity index is 1.67. The maximum atomic E-state index is 13.4. The first kappa shape index (κ1) is 20.2. The predicted molar refractivity (Wildman–Crippen MR) is 126 cm³/mol. The summed E-state index contributed by atoms with van der Waals surface area (Å²) >= 11 is 0. The van der Waals surface area contributed by atoms with E-state index in [0.29, 0.717) is 35.3 Å². The van der Waals surface area contributed by atoms with Gasteiger partial charge in [0.2, 0.25) is 0 Å². The second-order valence-electron chi connectivity index (χ2n) is 7.93. The van der Waals surface area contributed by atoms with Crippen molar-refractivity contribution in [1.82, 2.24) is 24.1 Å². The molecule has 0 fully saturated rings. The monoisotopic (exact) mass is 427 g/mol. The smallest absolute Gasteiger partial charge is 0.265 e. The lowest BCUT2D eigenvalue weighted by Gasteiger charge is -2.08. The Kier molecular flexibility index (Phi) is 5.31. The number of rotatable bonds is 7. The van der Waals surface area contributed by atoms with E-state index in [9.17, 15) is 4.79 Å². The van der Waals surface area contributed by atoms with Gasteiger partial charge in [-0.1, -0.05) is 37.6 Å². The molecule has 0 amide bonds. The lowest BCUT2D eigenvalue weighted by atomic mass is 10.1. The topological polar surface area (TPSA) is 74.8 Å². The van der Waals surface area contributed by atoms with E-state index in [4.69, 9.17) is 14.7 Å². The number of hydrogen-bond donors (Lipinski definition) is 0. The largest absolute Gasteiger partial charge is 0.497 e. The third-order valence-corrected chi connectivity index (χ3v) is 5.85. The van der Waals surface area contributed by atoms with Crippen LogP contribution in [-0.4, -0.2) is 31.2 Å². The molecule has 32 heavy (non-hydrogen) atoms. The van der Waals surface area contributed by atoms with E-state index in [2.05, 4.69) is 24.0 Å². The van der Waals surface area contributed by atoms with E-state index >= 15 is 0 Å². The van der Waals surface area contributed by atoms with Gasteiger partial charge in [0, 0.05) is 13.1 Å². The van der Waals surface area contributed by atoms with Crippen molar-refractivity contribution in [3.8, 4) is 5.75 Å². The maximum Gasteiger partial charge on any atom is 0.265 e. The summed E-state index contributed by atoms with van der Waals surface area (Å²) in [6, 6.07) is 15.8. The van der Waals surface area contributed by atoms with Crippen LogP contribution in [0.2, 0.25) is 0 Å². The summed E-state index contributed by atoms with van der Waals surface area (Å²) in [7, 11) is 1.66. The molecule has 0 saturated heterocycles. The van der Waals surface area contributed by atoms with Crippen LogP contribution in [0.4, 0.5) is 0 Å². The summed E-state index contributed by atoms with van der Waals surface area (Å²) in [6.45, 7) is 3.40. The molecule has 0 saturated carbocycles. The van der Waals surface area contributed by atoms with Crippen LogP contribution in [0.25, 0.3) is 33.2 Å². The van der Waals surface area contributed by atoms with Gasteiger partial charge in [0.1, 0.15) is 16.7 Å². The lowest BCUT2D eigenvalue weighted by molar-refractivity contribution is 0.414. The number of ether oxygens (including phenoxy) is 1. The second-order valence-corrected chi connectivity index (χ2v) is 7.93. The number of aromatic nitrogens is 5. The van der Waals surface area contributed by atoms with Gasteiger partial charge in [0.15, 0.2) is 11.3 Å². The quantitative estimate of drug-likeness (QED) is 0.386. The van der Waals surface area contributed by atoms with Gasteiger partial charge < -0.3 is 9.30 Å². The Hall–Kier alpha value is -3.74. The van der Waals surface area contributed by atoms with Gasteiger partial charge >= 0.3 is 0 Å². The summed E-state index contributed by atoms with van der Waals surface area (Å²) in [6.07, 6.45) is 4.37. The molecule has 3 heterocycles. The molecule has 3 aromatic heterocycles. The minimum Gasteiger partial charge on any atom is -0.497 e. The van der Waals surface area contributed by atoms with Gasteiger partial charge in [0.25, 0.3) is 5.56 Å². The highest BCUT2D eigenvalue weighted by Crippen LogP contribution is 2.25. The van der Waals surface area contributed by atoms with E-state index in [0.717, 1.165) is 36.0 Å². The first-order valence-corrected chi connectivity index (χ1v) is 11.0. The van der Waals surface area contributed by atoms with Crippen LogP contribution < -0.4 is 10.3 Å². The number of methoxy groups -OCH3 is 1. The van der Waals surface area contributed by atoms with Crippen molar-refractivity contribution in [1.29, 1.82) is 0 Å². The summed E-state index contributed by atoms with van der Waals surface area (Å²) in [5.74, 6) is 0.831. The average Bonchev–Trinajstić information content (AvgIpc) is 3.14. The number of aryl methyl sites for hydroxylation is 3. The van der Waals surface area contributed by atoms with Crippen LogP contribution >= 0.6 is 0 Å². The molecule has 5 rings (SSSR count). The second kappa shape index (κ2) is 8.42.